The lowest BCUT2D eigenvalue weighted by atomic mass is 10.1. The summed E-state index contributed by atoms with van der Waals surface area (Å²) in [5.41, 5.74) is 3.23. The number of nitrogens with one attached hydrogen (secondary N) is 2. The number of anilines is 2. The lowest BCUT2D eigenvalue weighted by Crippen LogP contribution is -2.15. The SMILES string of the molecule is CCCCNc1cnc(C(=O)Nc2cc(C)ccc2C)cn1. The van der Waals surface area contributed by atoms with Gasteiger partial charge in [-0.3, -0.25) is 4.79 Å². The molecule has 1 aromatic heterocycles. The summed E-state index contributed by atoms with van der Waals surface area (Å²) in [5.74, 6) is 0.443. The van der Waals surface area contributed by atoms with Crippen molar-refractivity contribution in [3.05, 3.63) is 47.4 Å². The molecule has 0 aliphatic carbocycles. The van der Waals surface area contributed by atoms with Gasteiger partial charge in [0.15, 0.2) is 0 Å². The van der Waals surface area contributed by atoms with Crippen molar-refractivity contribution in [1.29, 1.82) is 0 Å². The van der Waals surface area contributed by atoms with Crippen LogP contribution in [0.25, 0.3) is 0 Å². The van der Waals surface area contributed by atoms with E-state index in [9.17, 15) is 4.79 Å². The molecule has 0 aliphatic heterocycles. The zero-order chi connectivity index (χ0) is 15.9. The molecule has 0 spiro atoms. The second kappa shape index (κ2) is 7.54. The standard InChI is InChI=1S/C17H22N4O/c1-4-5-8-18-16-11-19-15(10-20-16)17(22)21-14-9-12(2)6-7-13(14)3/h6-7,9-11H,4-5,8H2,1-3H3,(H,18,20)(H,21,22). The van der Waals surface area contributed by atoms with E-state index in [-0.39, 0.29) is 5.91 Å². The highest BCUT2D eigenvalue weighted by atomic mass is 16.1. The first-order valence-corrected chi connectivity index (χ1v) is 7.54. The van der Waals surface area contributed by atoms with Crippen molar-refractivity contribution in [3.8, 4) is 0 Å². The first-order valence-electron chi connectivity index (χ1n) is 7.54. The zero-order valence-corrected chi connectivity index (χ0v) is 13.3. The molecule has 0 saturated heterocycles. The summed E-state index contributed by atoms with van der Waals surface area (Å²) in [6, 6.07) is 5.94. The van der Waals surface area contributed by atoms with Gasteiger partial charge >= 0.3 is 0 Å². The molecule has 116 valence electrons. The number of rotatable bonds is 6. The van der Waals surface area contributed by atoms with Gasteiger partial charge in [-0.1, -0.05) is 25.5 Å². The van der Waals surface area contributed by atoms with Gasteiger partial charge in [-0.25, -0.2) is 9.97 Å². The molecule has 0 bridgehead atoms. The minimum absolute atomic E-state index is 0.249. The molecule has 1 aromatic carbocycles. The number of aryl methyl sites for hydroxylation is 2. The summed E-state index contributed by atoms with van der Waals surface area (Å²) >= 11 is 0. The van der Waals surface area contributed by atoms with E-state index in [1.807, 2.05) is 32.0 Å². The predicted octanol–water partition coefficient (Wildman–Crippen LogP) is 3.56. The Bertz CT molecular complexity index is 638. The number of aromatic nitrogens is 2. The summed E-state index contributed by atoms with van der Waals surface area (Å²) in [4.78, 5) is 20.6. The number of unbranched alkanes of at least 4 members (excludes halogenated alkanes) is 1. The van der Waals surface area contributed by atoms with Crippen LogP contribution in [-0.2, 0) is 0 Å². The minimum atomic E-state index is -0.249. The Kier molecular flexibility index (Phi) is 5.47. The van der Waals surface area contributed by atoms with Crippen molar-refractivity contribution < 1.29 is 4.79 Å². The normalized spacial score (nSPS) is 10.3. The molecule has 2 N–H and O–H groups in total. The molecule has 0 atom stereocenters. The maximum absolute atomic E-state index is 12.2. The Balaban J connectivity index is 2.02. The zero-order valence-electron chi connectivity index (χ0n) is 13.3. The third-order valence-electron chi connectivity index (χ3n) is 3.36. The molecule has 1 heterocycles. The van der Waals surface area contributed by atoms with Crippen LogP contribution < -0.4 is 10.6 Å². The highest BCUT2D eigenvalue weighted by molar-refractivity contribution is 6.03. The van der Waals surface area contributed by atoms with Gasteiger partial charge in [-0.2, -0.15) is 0 Å². The molecule has 0 radical (unpaired) electrons. The summed E-state index contributed by atoms with van der Waals surface area (Å²) in [7, 11) is 0. The minimum Gasteiger partial charge on any atom is -0.369 e. The molecule has 0 aliphatic rings. The molecule has 5 nitrogen and oxygen atoms in total. The van der Waals surface area contributed by atoms with Crippen LogP contribution in [0.1, 0.15) is 41.4 Å². The lowest BCUT2D eigenvalue weighted by molar-refractivity contribution is 0.102. The molecule has 22 heavy (non-hydrogen) atoms. The molecule has 1 amide bonds. The summed E-state index contributed by atoms with van der Waals surface area (Å²) < 4.78 is 0. The largest absolute Gasteiger partial charge is 0.369 e. The van der Waals surface area contributed by atoms with Gasteiger partial charge in [-0.05, 0) is 37.5 Å². The van der Waals surface area contributed by atoms with Crippen LogP contribution in [0.4, 0.5) is 11.5 Å². The quantitative estimate of drug-likeness (QED) is 0.800. The monoisotopic (exact) mass is 298 g/mol. The van der Waals surface area contributed by atoms with Gasteiger partial charge in [0.05, 0.1) is 12.4 Å². The van der Waals surface area contributed by atoms with E-state index in [2.05, 4.69) is 27.5 Å². The van der Waals surface area contributed by atoms with Crippen molar-refractivity contribution in [2.45, 2.75) is 33.6 Å². The lowest BCUT2D eigenvalue weighted by Gasteiger charge is -2.09. The van der Waals surface area contributed by atoms with Gasteiger partial charge in [0.1, 0.15) is 11.5 Å². The van der Waals surface area contributed by atoms with E-state index in [1.54, 1.807) is 6.20 Å². The maximum Gasteiger partial charge on any atom is 0.275 e. The first-order chi connectivity index (χ1) is 10.6. The second-order valence-electron chi connectivity index (χ2n) is 5.34. The maximum atomic E-state index is 12.2. The number of carbonyl (C=O) groups excluding carboxylic acids is 1. The third-order valence-corrected chi connectivity index (χ3v) is 3.36. The van der Waals surface area contributed by atoms with E-state index in [4.69, 9.17) is 0 Å². The van der Waals surface area contributed by atoms with Crippen LogP contribution >= 0.6 is 0 Å². The van der Waals surface area contributed by atoms with Crippen molar-refractivity contribution in [2.24, 2.45) is 0 Å². The van der Waals surface area contributed by atoms with E-state index in [0.717, 1.165) is 36.2 Å². The smallest absolute Gasteiger partial charge is 0.275 e. The van der Waals surface area contributed by atoms with Crippen LogP contribution in [0.2, 0.25) is 0 Å². The molecule has 2 rings (SSSR count). The fourth-order valence-corrected chi connectivity index (χ4v) is 1.99. The van der Waals surface area contributed by atoms with Gasteiger partial charge < -0.3 is 10.6 Å². The van der Waals surface area contributed by atoms with E-state index in [0.29, 0.717) is 11.5 Å². The summed E-state index contributed by atoms with van der Waals surface area (Å²) in [6.07, 6.45) is 5.29. The summed E-state index contributed by atoms with van der Waals surface area (Å²) in [5, 5.41) is 6.05. The highest BCUT2D eigenvalue weighted by Crippen LogP contribution is 2.17. The number of carbonyl (C=O) groups is 1. The van der Waals surface area contributed by atoms with Crippen LogP contribution in [-0.4, -0.2) is 22.4 Å². The average molecular weight is 298 g/mol. The van der Waals surface area contributed by atoms with E-state index >= 15 is 0 Å². The number of amides is 1. The topological polar surface area (TPSA) is 66.9 Å². The Labute approximate surface area is 131 Å². The Morgan fingerprint density at radius 2 is 2.00 bits per heavy atom. The molecule has 2 aromatic rings. The number of hydrogen-bond acceptors (Lipinski definition) is 4. The van der Waals surface area contributed by atoms with Crippen molar-refractivity contribution in [1.82, 2.24) is 9.97 Å². The van der Waals surface area contributed by atoms with Crippen molar-refractivity contribution in [2.75, 3.05) is 17.2 Å². The Morgan fingerprint density at radius 1 is 1.18 bits per heavy atom. The van der Waals surface area contributed by atoms with Crippen LogP contribution in [0, 0.1) is 13.8 Å². The summed E-state index contributed by atoms with van der Waals surface area (Å²) in [6.45, 7) is 6.94. The van der Waals surface area contributed by atoms with Crippen molar-refractivity contribution >= 4 is 17.4 Å². The van der Waals surface area contributed by atoms with Gasteiger partial charge in [-0.15, -0.1) is 0 Å². The third kappa shape index (κ3) is 4.28. The van der Waals surface area contributed by atoms with Gasteiger partial charge in [0, 0.05) is 12.2 Å². The van der Waals surface area contributed by atoms with E-state index < -0.39 is 0 Å². The fraction of sp³-hybridized carbons (Fsp3) is 0.353. The van der Waals surface area contributed by atoms with E-state index in [1.165, 1.54) is 6.20 Å². The Morgan fingerprint density at radius 3 is 2.68 bits per heavy atom. The molecular formula is C17H22N4O. The molecule has 0 saturated carbocycles. The van der Waals surface area contributed by atoms with Gasteiger partial charge in [0.2, 0.25) is 0 Å². The highest BCUT2D eigenvalue weighted by Gasteiger charge is 2.10. The van der Waals surface area contributed by atoms with Gasteiger partial charge in [0.25, 0.3) is 5.91 Å². The average Bonchev–Trinajstić information content (AvgIpc) is 2.52. The van der Waals surface area contributed by atoms with Crippen LogP contribution in [0.15, 0.2) is 30.6 Å². The molecule has 0 fully saturated rings. The number of hydrogen-bond donors (Lipinski definition) is 2. The number of nitrogens with zero attached hydrogens (tertiary/aromatic N) is 2. The fourth-order valence-electron chi connectivity index (χ4n) is 1.99. The van der Waals surface area contributed by atoms with Crippen LogP contribution in [0.3, 0.4) is 0 Å². The van der Waals surface area contributed by atoms with Crippen LogP contribution in [0.5, 0.6) is 0 Å². The second-order valence-corrected chi connectivity index (χ2v) is 5.34. The number of benzene rings is 1. The molecule has 5 heteroatoms. The molecular weight excluding hydrogens is 276 g/mol. The Hall–Kier alpha value is -2.43. The first kappa shape index (κ1) is 15.9. The van der Waals surface area contributed by atoms with Crippen molar-refractivity contribution in [3.63, 3.8) is 0 Å². The molecule has 0 unspecified atom stereocenters. The predicted molar refractivity (Wildman–Crippen MR) is 89.3 cm³/mol.